The quantitative estimate of drug-likeness (QED) is 0.865. The van der Waals surface area contributed by atoms with Crippen molar-refractivity contribution in [2.24, 2.45) is 0 Å². The van der Waals surface area contributed by atoms with Crippen LogP contribution in [0, 0.1) is 0 Å². The van der Waals surface area contributed by atoms with Gasteiger partial charge in [-0.15, -0.1) is 0 Å². The standard InChI is InChI=1S/C15H19NO4/c17-14(18)10-16-15(19)11-6-8-13(9-7-11)20-12-4-2-1-3-5-12/h6-9,12H,1-5,10H2,(H,16,19)(H,17,18). The Balaban J connectivity index is 1.88. The van der Waals surface area contributed by atoms with Gasteiger partial charge in [0, 0.05) is 5.56 Å². The molecule has 5 heteroatoms. The van der Waals surface area contributed by atoms with Crippen LogP contribution in [0.15, 0.2) is 24.3 Å². The molecule has 0 spiro atoms. The number of nitrogens with one attached hydrogen (secondary N) is 1. The summed E-state index contributed by atoms with van der Waals surface area (Å²) >= 11 is 0. The van der Waals surface area contributed by atoms with E-state index in [9.17, 15) is 9.59 Å². The van der Waals surface area contributed by atoms with Gasteiger partial charge >= 0.3 is 5.97 Å². The van der Waals surface area contributed by atoms with Crippen LogP contribution in [-0.2, 0) is 4.79 Å². The monoisotopic (exact) mass is 277 g/mol. The van der Waals surface area contributed by atoms with E-state index in [4.69, 9.17) is 9.84 Å². The van der Waals surface area contributed by atoms with E-state index in [0.717, 1.165) is 18.6 Å². The molecule has 0 bridgehead atoms. The molecular formula is C15H19NO4. The van der Waals surface area contributed by atoms with Gasteiger partial charge in [0.05, 0.1) is 6.10 Å². The highest BCUT2D eigenvalue weighted by Crippen LogP contribution is 2.23. The summed E-state index contributed by atoms with van der Waals surface area (Å²) < 4.78 is 5.86. The molecule has 1 aliphatic carbocycles. The Morgan fingerprint density at radius 3 is 2.40 bits per heavy atom. The molecule has 108 valence electrons. The van der Waals surface area contributed by atoms with Crippen molar-refractivity contribution >= 4 is 11.9 Å². The zero-order valence-corrected chi connectivity index (χ0v) is 11.3. The Morgan fingerprint density at radius 1 is 1.15 bits per heavy atom. The summed E-state index contributed by atoms with van der Waals surface area (Å²) in [5, 5.41) is 10.8. The summed E-state index contributed by atoms with van der Waals surface area (Å²) in [7, 11) is 0. The Labute approximate surface area is 117 Å². The van der Waals surface area contributed by atoms with Crippen LogP contribution in [0.3, 0.4) is 0 Å². The maximum absolute atomic E-state index is 11.6. The lowest BCUT2D eigenvalue weighted by molar-refractivity contribution is -0.135. The maximum Gasteiger partial charge on any atom is 0.322 e. The van der Waals surface area contributed by atoms with Crippen LogP contribution in [0.25, 0.3) is 0 Å². The number of hydrogen-bond donors (Lipinski definition) is 2. The van der Waals surface area contributed by atoms with Crippen LogP contribution in [0.1, 0.15) is 42.5 Å². The van der Waals surface area contributed by atoms with Crippen molar-refractivity contribution < 1.29 is 19.4 Å². The molecule has 1 aliphatic rings. The number of carbonyl (C=O) groups is 2. The van der Waals surface area contributed by atoms with E-state index in [1.54, 1.807) is 24.3 Å². The molecule has 0 unspecified atom stereocenters. The van der Waals surface area contributed by atoms with E-state index in [2.05, 4.69) is 5.32 Å². The molecule has 0 atom stereocenters. The van der Waals surface area contributed by atoms with E-state index in [1.807, 2.05) is 0 Å². The third kappa shape index (κ3) is 4.26. The summed E-state index contributed by atoms with van der Waals surface area (Å²) in [6.45, 7) is -0.376. The smallest absolute Gasteiger partial charge is 0.322 e. The fourth-order valence-electron chi connectivity index (χ4n) is 2.32. The van der Waals surface area contributed by atoms with Crippen molar-refractivity contribution in [1.29, 1.82) is 0 Å². The molecule has 1 saturated carbocycles. The lowest BCUT2D eigenvalue weighted by Gasteiger charge is -2.23. The molecule has 5 nitrogen and oxygen atoms in total. The van der Waals surface area contributed by atoms with Crippen LogP contribution in [0.4, 0.5) is 0 Å². The molecule has 1 fully saturated rings. The molecule has 20 heavy (non-hydrogen) atoms. The van der Waals surface area contributed by atoms with Crippen molar-refractivity contribution in [3.05, 3.63) is 29.8 Å². The summed E-state index contributed by atoms with van der Waals surface area (Å²) in [6, 6.07) is 6.80. The van der Waals surface area contributed by atoms with E-state index >= 15 is 0 Å². The van der Waals surface area contributed by atoms with E-state index in [1.165, 1.54) is 19.3 Å². The fraction of sp³-hybridized carbons (Fsp3) is 0.467. The number of amides is 1. The minimum absolute atomic E-state index is 0.274. The van der Waals surface area contributed by atoms with Crippen LogP contribution in [-0.4, -0.2) is 29.6 Å². The first-order valence-corrected chi connectivity index (χ1v) is 6.92. The van der Waals surface area contributed by atoms with Crippen molar-refractivity contribution in [3.8, 4) is 5.75 Å². The maximum atomic E-state index is 11.6. The number of rotatable bonds is 5. The zero-order valence-electron chi connectivity index (χ0n) is 11.3. The average molecular weight is 277 g/mol. The Hall–Kier alpha value is -2.04. The van der Waals surface area contributed by atoms with Gasteiger partial charge in [0.25, 0.3) is 5.91 Å². The normalized spacial score (nSPS) is 15.6. The first kappa shape index (κ1) is 14.4. The zero-order chi connectivity index (χ0) is 14.4. The molecule has 1 aromatic rings. The second-order valence-corrected chi connectivity index (χ2v) is 4.98. The molecule has 1 aromatic carbocycles. The summed E-state index contributed by atoms with van der Waals surface area (Å²) in [6.07, 6.45) is 6.14. The first-order valence-electron chi connectivity index (χ1n) is 6.92. The van der Waals surface area contributed by atoms with Gasteiger partial charge in [-0.25, -0.2) is 0 Å². The van der Waals surface area contributed by atoms with Gasteiger partial charge in [-0.3, -0.25) is 9.59 Å². The van der Waals surface area contributed by atoms with E-state index < -0.39 is 11.9 Å². The minimum Gasteiger partial charge on any atom is -0.490 e. The van der Waals surface area contributed by atoms with Gasteiger partial charge in [0.1, 0.15) is 12.3 Å². The molecule has 0 aliphatic heterocycles. The fourth-order valence-corrected chi connectivity index (χ4v) is 2.32. The number of carboxylic acids is 1. The SMILES string of the molecule is O=C(O)CNC(=O)c1ccc(OC2CCCCC2)cc1. The Bertz CT molecular complexity index is 463. The largest absolute Gasteiger partial charge is 0.490 e. The van der Waals surface area contributed by atoms with Crippen molar-refractivity contribution in [3.63, 3.8) is 0 Å². The number of carboxylic acid groups (broad SMARTS) is 1. The van der Waals surface area contributed by atoms with Crippen LogP contribution in [0.2, 0.25) is 0 Å². The second-order valence-electron chi connectivity index (χ2n) is 4.98. The van der Waals surface area contributed by atoms with Crippen LogP contribution in [0.5, 0.6) is 5.75 Å². The molecule has 0 radical (unpaired) electrons. The number of ether oxygens (including phenoxy) is 1. The van der Waals surface area contributed by atoms with Crippen molar-refractivity contribution in [1.82, 2.24) is 5.32 Å². The Morgan fingerprint density at radius 2 is 1.80 bits per heavy atom. The molecular weight excluding hydrogens is 258 g/mol. The molecule has 0 saturated heterocycles. The average Bonchev–Trinajstić information content (AvgIpc) is 2.46. The third-order valence-corrected chi connectivity index (χ3v) is 3.37. The molecule has 0 aromatic heterocycles. The molecule has 1 amide bonds. The molecule has 2 N–H and O–H groups in total. The number of carbonyl (C=O) groups excluding carboxylic acids is 1. The van der Waals surface area contributed by atoms with Gasteiger partial charge in [-0.2, -0.15) is 0 Å². The van der Waals surface area contributed by atoms with Gasteiger partial charge in [-0.05, 0) is 49.9 Å². The Kier molecular flexibility index (Phi) is 4.98. The lowest BCUT2D eigenvalue weighted by atomic mass is 9.98. The van der Waals surface area contributed by atoms with Crippen LogP contribution < -0.4 is 10.1 Å². The highest BCUT2D eigenvalue weighted by molar-refractivity contribution is 5.95. The predicted molar refractivity (Wildman–Crippen MR) is 73.9 cm³/mol. The van der Waals surface area contributed by atoms with E-state index in [0.29, 0.717) is 5.56 Å². The highest BCUT2D eigenvalue weighted by Gasteiger charge is 2.15. The van der Waals surface area contributed by atoms with Gasteiger partial charge in [-0.1, -0.05) is 6.42 Å². The summed E-state index contributed by atoms with van der Waals surface area (Å²) in [5.41, 5.74) is 0.433. The summed E-state index contributed by atoms with van der Waals surface area (Å²) in [5.74, 6) is -0.695. The van der Waals surface area contributed by atoms with Gasteiger partial charge in [0.15, 0.2) is 0 Å². The van der Waals surface area contributed by atoms with Gasteiger partial charge in [0.2, 0.25) is 0 Å². The lowest BCUT2D eigenvalue weighted by Crippen LogP contribution is -2.29. The molecule has 2 rings (SSSR count). The van der Waals surface area contributed by atoms with Crippen molar-refractivity contribution in [2.45, 2.75) is 38.2 Å². The van der Waals surface area contributed by atoms with Crippen molar-refractivity contribution in [2.75, 3.05) is 6.54 Å². The predicted octanol–water partition coefficient (Wildman–Crippen LogP) is 2.21. The van der Waals surface area contributed by atoms with Crippen LogP contribution >= 0.6 is 0 Å². The number of benzene rings is 1. The topological polar surface area (TPSA) is 75.6 Å². The highest BCUT2D eigenvalue weighted by atomic mass is 16.5. The minimum atomic E-state index is -1.06. The third-order valence-electron chi connectivity index (χ3n) is 3.37. The molecule has 0 heterocycles. The van der Waals surface area contributed by atoms with Gasteiger partial charge < -0.3 is 15.2 Å². The van der Waals surface area contributed by atoms with E-state index in [-0.39, 0.29) is 12.6 Å². The number of hydrogen-bond acceptors (Lipinski definition) is 3. The first-order chi connectivity index (χ1) is 9.65. The second kappa shape index (κ2) is 6.93. The summed E-state index contributed by atoms with van der Waals surface area (Å²) in [4.78, 5) is 22.0. The number of aliphatic carboxylic acids is 1.